The van der Waals surface area contributed by atoms with E-state index in [1.54, 1.807) is 6.07 Å². The van der Waals surface area contributed by atoms with Crippen LogP contribution in [0, 0.1) is 6.92 Å². The molecule has 1 aliphatic rings. The maximum atomic E-state index is 9.60. The lowest BCUT2D eigenvalue weighted by molar-refractivity contribution is 0.156. The summed E-state index contributed by atoms with van der Waals surface area (Å²) >= 11 is 0. The quantitative estimate of drug-likeness (QED) is 0.916. The van der Waals surface area contributed by atoms with Crippen LogP contribution in [-0.4, -0.2) is 22.7 Å². The summed E-state index contributed by atoms with van der Waals surface area (Å²) in [5.41, 5.74) is 3.61. The van der Waals surface area contributed by atoms with Gasteiger partial charge in [0.05, 0.1) is 0 Å². The van der Waals surface area contributed by atoms with Crippen LogP contribution < -0.4 is 4.74 Å². The molecule has 0 amide bonds. The van der Waals surface area contributed by atoms with Gasteiger partial charge in [-0.15, -0.1) is 0 Å². The molecule has 0 unspecified atom stereocenters. The summed E-state index contributed by atoms with van der Waals surface area (Å²) in [4.78, 5) is 2.37. The maximum Gasteiger partial charge on any atom is 0.124 e. The molecular formula is C18H21NO2. The van der Waals surface area contributed by atoms with Gasteiger partial charge in [-0.3, -0.25) is 4.90 Å². The highest BCUT2D eigenvalue weighted by atomic mass is 16.5. The molecule has 1 aliphatic heterocycles. The summed E-state index contributed by atoms with van der Waals surface area (Å²) in [5.74, 6) is 1.31. The molecule has 0 fully saturated rings. The predicted octanol–water partition coefficient (Wildman–Crippen LogP) is 3.48. The van der Waals surface area contributed by atoms with E-state index in [4.69, 9.17) is 4.74 Å². The molecule has 0 aliphatic carbocycles. The second-order valence-corrected chi connectivity index (χ2v) is 5.88. The Kier molecular flexibility index (Phi) is 3.84. The van der Waals surface area contributed by atoms with Crippen molar-refractivity contribution in [3.63, 3.8) is 0 Å². The van der Waals surface area contributed by atoms with Crippen LogP contribution in [0.25, 0.3) is 0 Å². The van der Waals surface area contributed by atoms with Gasteiger partial charge in [0.1, 0.15) is 17.6 Å². The number of hydrogen-bond acceptors (Lipinski definition) is 3. The van der Waals surface area contributed by atoms with Crippen molar-refractivity contribution in [3.8, 4) is 11.5 Å². The Bertz CT molecular complexity index is 639. The molecule has 2 aromatic carbocycles. The van der Waals surface area contributed by atoms with Gasteiger partial charge < -0.3 is 9.84 Å². The zero-order chi connectivity index (χ0) is 14.8. The second-order valence-electron chi connectivity index (χ2n) is 5.88. The number of hydrogen-bond donors (Lipinski definition) is 1. The first kappa shape index (κ1) is 14.0. The molecule has 0 radical (unpaired) electrons. The van der Waals surface area contributed by atoms with Crippen LogP contribution in [0.5, 0.6) is 11.5 Å². The van der Waals surface area contributed by atoms with Crippen LogP contribution >= 0.6 is 0 Å². The highest BCUT2D eigenvalue weighted by molar-refractivity contribution is 5.37. The third-order valence-electron chi connectivity index (χ3n) is 3.77. The van der Waals surface area contributed by atoms with Crippen molar-refractivity contribution in [2.75, 3.05) is 6.54 Å². The van der Waals surface area contributed by atoms with Crippen molar-refractivity contribution in [1.29, 1.82) is 0 Å². The molecule has 0 bridgehead atoms. The summed E-state index contributed by atoms with van der Waals surface area (Å²) in [6.45, 7) is 6.77. The van der Waals surface area contributed by atoms with Gasteiger partial charge in [-0.2, -0.15) is 0 Å². The minimum absolute atomic E-state index is 0.159. The van der Waals surface area contributed by atoms with E-state index in [0.717, 1.165) is 30.9 Å². The van der Waals surface area contributed by atoms with Crippen molar-refractivity contribution in [3.05, 3.63) is 59.2 Å². The number of fused-ring (bicyclic) bond motifs is 1. The van der Waals surface area contributed by atoms with Gasteiger partial charge in [0.15, 0.2) is 0 Å². The van der Waals surface area contributed by atoms with Crippen LogP contribution in [0.1, 0.15) is 23.6 Å². The number of aromatic hydroxyl groups is 1. The molecule has 1 heterocycles. The first-order chi connectivity index (χ1) is 10.1. The number of benzene rings is 2. The zero-order valence-corrected chi connectivity index (χ0v) is 12.5. The van der Waals surface area contributed by atoms with Crippen molar-refractivity contribution < 1.29 is 9.84 Å². The Balaban J connectivity index is 1.83. The van der Waals surface area contributed by atoms with Gasteiger partial charge in [-0.1, -0.05) is 29.8 Å². The molecule has 3 nitrogen and oxygen atoms in total. The van der Waals surface area contributed by atoms with E-state index < -0.39 is 0 Å². The second kappa shape index (κ2) is 5.78. The lowest BCUT2D eigenvalue weighted by Gasteiger charge is -2.22. The van der Waals surface area contributed by atoms with E-state index in [9.17, 15) is 5.11 Å². The third kappa shape index (κ3) is 3.37. The maximum absolute atomic E-state index is 9.60. The van der Waals surface area contributed by atoms with E-state index in [0.29, 0.717) is 5.75 Å². The smallest absolute Gasteiger partial charge is 0.124 e. The molecular weight excluding hydrogens is 262 g/mol. The SMILES string of the molecule is Cc1ccc2c(c1)CN(Cc1cccc(O)c1)C[C@@H](C)O2. The lowest BCUT2D eigenvalue weighted by Crippen LogP contribution is -2.30. The molecule has 0 saturated carbocycles. The van der Waals surface area contributed by atoms with E-state index in [1.807, 2.05) is 18.2 Å². The Hall–Kier alpha value is -2.00. The summed E-state index contributed by atoms with van der Waals surface area (Å²) in [6, 6.07) is 13.8. The predicted molar refractivity (Wildman–Crippen MR) is 83.5 cm³/mol. The fourth-order valence-electron chi connectivity index (χ4n) is 2.90. The normalized spacial score (nSPS) is 18.7. The molecule has 21 heavy (non-hydrogen) atoms. The van der Waals surface area contributed by atoms with Crippen LogP contribution in [0.4, 0.5) is 0 Å². The Morgan fingerprint density at radius 1 is 1.24 bits per heavy atom. The molecule has 110 valence electrons. The topological polar surface area (TPSA) is 32.7 Å². The Labute approximate surface area is 125 Å². The highest BCUT2D eigenvalue weighted by Gasteiger charge is 2.20. The van der Waals surface area contributed by atoms with E-state index in [2.05, 4.69) is 36.9 Å². The summed E-state index contributed by atoms with van der Waals surface area (Å²) in [7, 11) is 0. The molecule has 3 heteroatoms. The number of nitrogens with zero attached hydrogens (tertiary/aromatic N) is 1. The lowest BCUT2D eigenvalue weighted by atomic mass is 10.1. The molecule has 1 atom stereocenters. The minimum atomic E-state index is 0.159. The average molecular weight is 283 g/mol. The average Bonchev–Trinajstić information content (AvgIpc) is 2.56. The zero-order valence-electron chi connectivity index (χ0n) is 12.5. The standard InChI is InChI=1S/C18H21NO2/c1-13-6-7-18-16(8-13)12-19(10-14(2)21-18)11-15-4-3-5-17(20)9-15/h3-9,14,20H,10-12H2,1-2H3/t14-/m1/s1. The van der Waals surface area contributed by atoms with Crippen molar-refractivity contribution in [2.45, 2.75) is 33.0 Å². The number of phenolic OH excluding ortho intramolecular Hbond substituents is 1. The van der Waals surface area contributed by atoms with Crippen LogP contribution in [0.15, 0.2) is 42.5 Å². The van der Waals surface area contributed by atoms with E-state index in [1.165, 1.54) is 11.1 Å². The van der Waals surface area contributed by atoms with E-state index in [-0.39, 0.29) is 6.10 Å². The fraction of sp³-hybridized carbons (Fsp3) is 0.333. The van der Waals surface area contributed by atoms with Crippen molar-refractivity contribution in [1.82, 2.24) is 4.90 Å². The van der Waals surface area contributed by atoms with Gasteiger partial charge >= 0.3 is 0 Å². The molecule has 3 rings (SSSR count). The highest BCUT2D eigenvalue weighted by Crippen LogP contribution is 2.27. The van der Waals surface area contributed by atoms with Gasteiger partial charge in [-0.05, 0) is 37.6 Å². The summed E-state index contributed by atoms with van der Waals surface area (Å²) in [6.07, 6.45) is 0.159. The van der Waals surface area contributed by atoms with Crippen molar-refractivity contribution >= 4 is 0 Å². The number of ether oxygens (including phenoxy) is 1. The van der Waals surface area contributed by atoms with Gasteiger partial charge in [0.25, 0.3) is 0 Å². The van der Waals surface area contributed by atoms with Crippen LogP contribution in [0.2, 0.25) is 0 Å². The molecule has 0 spiro atoms. The summed E-state index contributed by atoms with van der Waals surface area (Å²) < 4.78 is 6.01. The largest absolute Gasteiger partial charge is 0.508 e. The molecule has 1 N–H and O–H groups in total. The first-order valence-electron chi connectivity index (χ1n) is 7.36. The molecule has 0 saturated heterocycles. The van der Waals surface area contributed by atoms with Gasteiger partial charge in [-0.25, -0.2) is 0 Å². The molecule has 0 aromatic heterocycles. The first-order valence-corrected chi connectivity index (χ1v) is 7.36. The van der Waals surface area contributed by atoms with Crippen LogP contribution in [0.3, 0.4) is 0 Å². The monoisotopic (exact) mass is 283 g/mol. The Morgan fingerprint density at radius 3 is 2.90 bits per heavy atom. The fourth-order valence-corrected chi connectivity index (χ4v) is 2.90. The van der Waals surface area contributed by atoms with Gasteiger partial charge in [0.2, 0.25) is 0 Å². The van der Waals surface area contributed by atoms with E-state index >= 15 is 0 Å². The number of aryl methyl sites for hydroxylation is 1. The van der Waals surface area contributed by atoms with Gasteiger partial charge in [0, 0.05) is 25.2 Å². The third-order valence-corrected chi connectivity index (χ3v) is 3.77. The Morgan fingerprint density at radius 2 is 2.10 bits per heavy atom. The minimum Gasteiger partial charge on any atom is -0.508 e. The summed E-state index contributed by atoms with van der Waals surface area (Å²) in [5, 5.41) is 9.60. The van der Waals surface area contributed by atoms with Crippen LogP contribution in [-0.2, 0) is 13.1 Å². The number of phenols is 1. The van der Waals surface area contributed by atoms with Crippen molar-refractivity contribution in [2.24, 2.45) is 0 Å². The number of rotatable bonds is 2. The molecule has 2 aromatic rings.